The zero-order valence-electron chi connectivity index (χ0n) is 12.7. The molecule has 23 heavy (non-hydrogen) atoms. The van der Waals surface area contributed by atoms with Crippen molar-refractivity contribution in [2.24, 2.45) is 0 Å². The zero-order valence-corrected chi connectivity index (χ0v) is 12.7. The van der Waals surface area contributed by atoms with Crippen LogP contribution in [-0.2, 0) is 5.60 Å². The van der Waals surface area contributed by atoms with Gasteiger partial charge in [0.2, 0.25) is 0 Å². The molecule has 1 unspecified atom stereocenters. The largest absolute Gasteiger partial charge is 0.443 e. The average molecular weight is 325 g/mol. The molecule has 0 saturated heterocycles. The number of aromatic nitrogens is 1. The smallest absolute Gasteiger partial charge is 0.421 e. The SMILES string of the molecule is CC(O)(c1ccc(-c2ocnc2C2CCCC2)cc1)C(F)(F)F. The number of aliphatic hydroxyl groups is 1. The average Bonchev–Trinajstić information content (AvgIpc) is 3.17. The first-order valence-electron chi connectivity index (χ1n) is 7.64. The van der Waals surface area contributed by atoms with Gasteiger partial charge in [-0.2, -0.15) is 13.2 Å². The summed E-state index contributed by atoms with van der Waals surface area (Å²) < 4.78 is 44.1. The van der Waals surface area contributed by atoms with Gasteiger partial charge in [-0.25, -0.2) is 4.98 Å². The van der Waals surface area contributed by atoms with E-state index in [1.807, 2.05) is 0 Å². The van der Waals surface area contributed by atoms with Crippen LogP contribution < -0.4 is 0 Å². The van der Waals surface area contributed by atoms with Gasteiger partial charge in [0, 0.05) is 11.5 Å². The van der Waals surface area contributed by atoms with E-state index >= 15 is 0 Å². The topological polar surface area (TPSA) is 46.3 Å². The van der Waals surface area contributed by atoms with Crippen molar-refractivity contribution in [3.8, 4) is 11.3 Å². The van der Waals surface area contributed by atoms with E-state index in [0.717, 1.165) is 38.3 Å². The van der Waals surface area contributed by atoms with Crippen LogP contribution in [0.3, 0.4) is 0 Å². The highest BCUT2D eigenvalue weighted by Gasteiger charge is 2.51. The first kappa shape index (κ1) is 16.1. The fourth-order valence-electron chi connectivity index (χ4n) is 3.07. The van der Waals surface area contributed by atoms with Crippen molar-refractivity contribution in [2.45, 2.75) is 50.3 Å². The molecule has 124 valence electrons. The third-order valence-electron chi connectivity index (χ3n) is 4.60. The Kier molecular flexibility index (Phi) is 3.96. The summed E-state index contributed by atoms with van der Waals surface area (Å²) in [5.41, 5.74) is -1.53. The number of rotatable bonds is 3. The molecule has 0 spiro atoms. The van der Waals surface area contributed by atoms with Gasteiger partial charge in [-0.3, -0.25) is 0 Å². The second kappa shape index (κ2) is 5.67. The Morgan fingerprint density at radius 2 is 1.74 bits per heavy atom. The Bertz CT molecular complexity index is 668. The van der Waals surface area contributed by atoms with Crippen molar-refractivity contribution in [3.05, 3.63) is 41.9 Å². The van der Waals surface area contributed by atoms with Crippen LogP contribution in [-0.4, -0.2) is 16.3 Å². The van der Waals surface area contributed by atoms with Crippen LogP contribution in [0.1, 0.15) is 49.8 Å². The standard InChI is InChI=1S/C17H18F3NO2/c1-16(22,17(18,19)20)13-8-6-12(7-9-13)15-14(21-10-23-15)11-4-2-3-5-11/h6-11,22H,2-5H2,1H3. The van der Waals surface area contributed by atoms with Gasteiger partial charge in [-0.1, -0.05) is 37.1 Å². The molecule has 1 atom stereocenters. The summed E-state index contributed by atoms with van der Waals surface area (Å²) in [6.07, 6.45) is 1.08. The first-order valence-corrected chi connectivity index (χ1v) is 7.64. The number of oxazole rings is 1. The van der Waals surface area contributed by atoms with E-state index in [1.54, 1.807) is 0 Å². The molecule has 1 aromatic carbocycles. The monoisotopic (exact) mass is 325 g/mol. The highest BCUT2D eigenvalue weighted by molar-refractivity contribution is 5.61. The minimum atomic E-state index is -4.73. The summed E-state index contributed by atoms with van der Waals surface area (Å²) in [6, 6.07) is 5.64. The van der Waals surface area contributed by atoms with Gasteiger partial charge in [0.25, 0.3) is 0 Å². The van der Waals surface area contributed by atoms with Crippen LogP contribution in [0.25, 0.3) is 11.3 Å². The lowest BCUT2D eigenvalue weighted by molar-refractivity contribution is -0.258. The molecule has 3 rings (SSSR count). The summed E-state index contributed by atoms with van der Waals surface area (Å²) in [5, 5.41) is 9.71. The number of nitrogens with zero attached hydrogens (tertiary/aromatic N) is 1. The second-order valence-corrected chi connectivity index (χ2v) is 6.20. The summed E-state index contributed by atoms with van der Waals surface area (Å²) in [6.45, 7) is 0.750. The third kappa shape index (κ3) is 2.87. The van der Waals surface area contributed by atoms with Crippen molar-refractivity contribution < 1.29 is 22.7 Å². The molecule has 2 aromatic rings. The third-order valence-corrected chi connectivity index (χ3v) is 4.60. The maximum atomic E-state index is 12.9. The van der Waals surface area contributed by atoms with Gasteiger partial charge in [0.1, 0.15) is 0 Å². The molecule has 0 aliphatic heterocycles. The van der Waals surface area contributed by atoms with Crippen molar-refractivity contribution in [1.82, 2.24) is 4.98 Å². The van der Waals surface area contributed by atoms with Gasteiger partial charge in [-0.05, 0) is 25.3 Å². The fraction of sp³-hybridized carbons (Fsp3) is 0.471. The lowest BCUT2D eigenvalue weighted by atomic mass is 9.93. The Morgan fingerprint density at radius 1 is 1.13 bits per heavy atom. The van der Waals surface area contributed by atoms with E-state index in [4.69, 9.17) is 4.42 Å². The van der Waals surface area contributed by atoms with Crippen LogP contribution in [0, 0.1) is 0 Å². The molecule has 1 N–H and O–H groups in total. The van der Waals surface area contributed by atoms with Crippen LogP contribution >= 0.6 is 0 Å². The van der Waals surface area contributed by atoms with Crippen molar-refractivity contribution in [3.63, 3.8) is 0 Å². The minimum Gasteiger partial charge on any atom is -0.443 e. The summed E-state index contributed by atoms with van der Waals surface area (Å²) in [5.74, 6) is 0.955. The van der Waals surface area contributed by atoms with Crippen molar-refractivity contribution in [2.75, 3.05) is 0 Å². The Labute approximate surface area is 132 Å². The predicted octanol–water partition coefficient (Wildman–Crippen LogP) is 4.77. The van der Waals surface area contributed by atoms with E-state index in [1.165, 1.54) is 30.7 Å². The molecule has 1 heterocycles. The minimum absolute atomic E-state index is 0.198. The zero-order chi connectivity index (χ0) is 16.7. The molecule has 1 aliphatic carbocycles. The van der Waals surface area contributed by atoms with E-state index in [0.29, 0.717) is 17.2 Å². The Morgan fingerprint density at radius 3 is 2.30 bits per heavy atom. The quantitative estimate of drug-likeness (QED) is 0.884. The lowest BCUT2D eigenvalue weighted by Gasteiger charge is -2.26. The molecule has 1 saturated carbocycles. The highest BCUT2D eigenvalue weighted by Crippen LogP contribution is 2.41. The Balaban J connectivity index is 1.90. The van der Waals surface area contributed by atoms with Gasteiger partial charge in [0.05, 0.1) is 5.69 Å². The number of hydrogen-bond acceptors (Lipinski definition) is 3. The molecular formula is C17H18F3NO2. The van der Waals surface area contributed by atoms with Crippen LogP contribution in [0.4, 0.5) is 13.2 Å². The molecule has 0 bridgehead atoms. The van der Waals surface area contributed by atoms with Crippen LogP contribution in [0.15, 0.2) is 35.1 Å². The number of alkyl halides is 3. The molecule has 0 radical (unpaired) electrons. The predicted molar refractivity (Wildman–Crippen MR) is 78.8 cm³/mol. The van der Waals surface area contributed by atoms with E-state index in [2.05, 4.69) is 4.98 Å². The van der Waals surface area contributed by atoms with Crippen LogP contribution in [0.2, 0.25) is 0 Å². The molecule has 1 aliphatic rings. The number of halogens is 3. The van der Waals surface area contributed by atoms with Gasteiger partial charge >= 0.3 is 6.18 Å². The van der Waals surface area contributed by atoms with Gasteiger partial charge in [-0.15, -0.1) is 0 Å². The fourth-order valence-corrected chi connectivity index (χ4v) is 3.07. The number of hydrogen-bond donors (Lipinski definition) is 1. The Hall–Kier alpha value is -1.82. The molecule has 1 fully saturated rings. The van der Waals surface area contributed by atoms with E-state index < -0.39 is 11.8 Å². The van der Waals surface area contributed by atoms with E-state index in [-0.39, 0.29) is 5.56 Å². The van der Waals surface area contributed by atoms with E-state index in [9.17, 15) is 18.3 Å². The molecular weight excluding hydrogens is 307 g/mol. The van der Waals surface area contributed by atoms with Crippen molar-refractivity contribution >= 4 is 0 Å². The first-order chi connectivity index (χ1) is 10.8. The molecule has 6 heteroatoms. The summed E-state index contributed by atoms with van der Waals surface area (Å²) >= 11 is 0. The van der Waals surface area contributed by atoms with Crippen LogP contribution in [0.5, 0.6) is 0 Å². The molecule has 0 amide bonds. The molecule has 3 nitrogen and oxygen atoms in total. The maximum Gasteiger partial charge on any atom is 0.421 e. The van der Waals surface area contributed by atoms with Gasteiger partial charge < -0.3 is 9.52 Å². The normalized spacial score (nSPS) is 19.0. The van der Waals surface area contributed by atoms with Gasteiger partial charge in [0.15, 0.2) is 17.8 Å². The lowest BCUT2D eigenvalue weighted by Crippen LogP contribution is -2.39. The second-order valence-electron chi connectivity index (χ2n) is 6.20. The highest BCUT2D eigenvalue weighted by atomic mass is 19.4. The molecule has 1 aromatic heterocycles. The number of benzene rings is 1. The summed E-state index contributed by atoms with van der Waals surface area (Å²) in [4.78, 5) is 4.29. The van der Waals surface area contributed by atoms with Crippen molar-refractivity contribution in [1.29, 1.82) is 0 Å². The summed E-state index contributed by atoms with van der Waals surface area (Å²) in [7, 11) is 0. The maximum absolute atomic E-state index is 12.9.